The number of fused-ring (bicyclic) bond motifs is 4. The molecule has 7 heterocycles. The smallest absolute Gasteiger partial charge is 0.330 e. The molecule has 7 N–H and O–H groups in total. The molecule has 0 aliphatic heterocycles. The molecular weight excluding hydrogens is 1170 g/mol. The summed E-state index contributed by atoms with van der Waals surface area (Å²) in [6.45, 7) is 1.46. The summed E-state index contributed by atoms with van der Waals surface area (Å²) in [5.74, 6) is -0.559. The van der Waals surface area contributed by atoms with Crippen molar-refractivity contribution < 1.29 is 27.1 Å². The number of aromatic amines is 1. The average molecular weight is 1200 g/mol. The molecule has 0 atom stereocenters. The van der Waals surface area contributed by atoms with Gasteiger partial charge in [-0.2, -0.15) is 18.6 Å². The third-order valence-electron chi connectivity index (χ3n) is 10.5. The summed E-state index contributed by atoms with van der Waals surface area (Å²) < 4.78 is 38.7. The van der Waals surface area contributed by atoms with Gasteiger partial charge in [0, 0.05) is 62.6 Å². The van der Waals surface area contributed by atoms with Crippen LogP contribution in [0.25, 0.3) is 66.2 Å². The van der Waals surface area contributed by atoms with Crippen molar-refractivity contribution in [3.63, 3.8) is 0 Å². The number of imidazole rings is 2. The summed E-state index contributed by atoms with van der Waals surface area (Å²) >= 11 is 26.6. The first kappa shape index (κ1) is 50.7. The van der Waals surface area contributed by atoms with Crippen molar-refractivity contribution in [3.8, 4) is 33.1 Å². The number of carbonyl (C=O) groups is 2. The molecule has 20 nitrogen and oxygen atoms in total. The van der Waals surface area contributed by atoms with Gasteiger partial charge in [0.2, 0.25) is 11.0 Å². The molecule has 368 valence electrons. The van der Waals surface area contributed by atoms with E-state index >= 15 is 0 Å². The summed E-state index contributed by atoms with van der Waals surface area (Å²) in [5, 5.41) is 29.7. The highest BCUT2D eigenvalue weighted by Crippen LogP contribution is 2.37. The topological polar surface area (TPSA) is 264 Å². The Morgan fingerprint density at radius 1 is 0.753 bits per heavy atom. The number of H-pyrrole nitrogens is 1. The molecule has 0 spiro atoms. The molecule has 1 amide bonds. The number of hydrazine groups is 1. The number of rotatable bonds is 7. The normalized spacial score (nSPS) is 11.2. The maximum Gasteiger partial charge on any atom is 0.394 e. The van der Waals surface area contributed by atoms with Crippen molar-refractivity contribution in [1.82, 2.24) is 59.8 Å². The summed E-state index contributed by atoms with van der Waals surface area (Å²) in [4.78, 5) is 34.1. The van der Waals surface area contributed by atoms with E-state index in [4.69, 9.17) is 57.9 Å². The monoisotopic (exact) mass is 1200 g/mol. The van der Waals surface area contributed by atoms with E-state index in [-0.39, 0.29) is 16.9 Å². The number of hydrogen-bond donors (Lipinski definition) is 7. The number of benzene rings is 4. The van der Waals surface area contributed by atoms with E-state index in [2.05, 4.69) is 83.8 Å². The number of hydrogen-bond acceptors (Lipinski definition) is 13. The van der Waals surface area contributed by atoms with E-state index in [0.29, 0.717) is 48.7 Å². The molecule has 0 aliphatic carbocycles. The molecule has 4 aromatic carbocycles. The summed E-state index contributed by atoms with van der Waals surface area (Å²) in [7, 11) is -4.67. The van der Waals surface area contributed by atoms with Crippen LogP contribution in [0.3, 0.4) is 0 Å². The second-order valence-electron chi connectivity index (χ2n) is 15.3. The molecule has 11 aromatic rings. The summed E-state index contributed by atoms with van der Waals surface area (Å²) in [6, 6.07) is 30.5. The molecule has 0 unspecified atom stereocenters. The quantitative estimate of drug-likeness (QED) is 0.0444. The van der Waals surface area contributed by atoms with E-state index in [1.54, 1.807) is 42.7 Å². The number of amides is 1. The highest BCUT2D eigenvalue weighted by atomic mass is 79.9. The molecule has 7 aromatic heterocycles. The van der Waals surface area contributed by atoms with Crippen LogP contribution in [0.4, 0.5) is 16.5 Å². The number of pyridine rings is 2. The Hall–Kier alpha value is -7.20. The maximum atomic E-state index is 12.9. The zero-order valence-electron chi connectivity index (χ0n) is 37.0. The van der Waals surface area contributed by atoms with Crippen LogP contribution in [-0.4, -0.2) is 83.4 Å². The molecule has 0 saturated carbocycles. The predicted molar refractivity (Wildman–Crippen MR) is 292 cm³/mol. The van der Waals surface area contributed by atoms with Crippen LogP contribution >= 0.6 is 78.6 Å². The standard InChI is InChI=1S/C24H15BrClN7OS.C22H15BrClN7OS.H2O4S/c1-13(34)33-20-9-8-18(21(26)17(20)11-27-33)29-24-31-30-23(35-24)16-3-2-10-32-12-19(28-22(16)32)14-4-6-15(25)7-5-14;23-13-5-3-12(4-6-13)18-11-31-9-1-2-14(20(31)26-18)21(32)29-30-22(33)27-17-8-7-16-15(19(17)24)10-25-28-16;1-5(2,3)4/h2-12H,1H3,(H,29,31);1-11H,(H,25,28)(H,29,32)(H2,27,30,33);(H2,1,2,3,4). The zero-order chi connectivity index (χ0) is 51.6. The van der Waals surface area contributed by atoms with Crippen LogP contribution in [0.2, 0.25) is 10.0 Å². The van der Waals surface area contributed by atoms with E-state index in [9.17, 15) is 9.59 Å². The molecule has 27 heteroatoms. The van der Waals surface area contributed by atoms with Crippen molar-refractivity contribution in [1.29, 1.82) is 0 Å². The predicted octanol–water partition coefficient (Wildman–Crippen LogP) is 11.0. The lowest BCUT2D eigenvalue weighted by atomic mass is 10.2. The molecule has 0 aliphatic rings. The Morgan fingerprint density at radius 3 is 2.01 bits per heavy atom. The fourth-order valence-electron chi connectivity index (χ4n) is 7.22. The van der Waals surface area contributed by atoms with Crippen LogP contribution in [0, 0.1) is 0 Å². The van der Waals surface area contributed by atoms with E-state index in [0.717, 1.165) is 58.6 Å². The van der Waals surface area contributed by atoms with Gasteiger partial charge < -0.3 is 19.4 Å². The Balaban J connectivity index is 0.000000165. The first-order chi connectivity index (χ1) is 35.0. The summed E-state index contributed by atoms with van der Waals surface area (Å²) in [5.41, 5.74) is 14.2. The van der Waals surface area contributed by atoms with Gasteiger partial charge >= 0.3 is 10.4 Å². The van der Waals surface area contributed by atoms with Crippen molar-refractivity contribution in [2.75, 3.05) is 10.6 Å². The second kappa shape index (κ2) is 21.5. The SMILES string of the molecule is CC(=O)n1ncc2c(Cl)c(Nc3nnc(-c4cccn5cc(-c6ccc(Br)cc6)nc45)s3)ccc21.O=C(NNC(=S)Nc1ccc2[nH]ncc2c1Cl)c1cccn2cc(-c3ccc(Br)cc3)nc12.O=S(=O)(O)O. The highest BCUT2D eigenvalue weighted by molar-refractivity contribution is 9.10. The number of nitrogens with zero attached hydrogens (tertiary/aromatic N) is 9. The zero-order valence-corrected chi connectivity index (χ0v) is 44.1. The minimum absolute atomic E-state index is 0.179. The molecule has 0 bridgehead atoms. The lowest BCUT2D eigenvalue weighted by molar-refractivity contribution is 0.0923. The lowest BCUT2D eigenvalue weighted by Gasteiger charge is -2.13. The fraction of sp³-hybridized carbons (Fsp3) is 0.0217. The van der Waals surface area contributed by atoms with Gasteiger partial charge in [-0.3, -0.25) is 34.6 Å². The van der Waals surface area contributed by atoms with Crippen LogP contribution in [0.1, 0.15) is 22.1 Å². The number of anilines is 3. The molecule has 73 heavy (non-hydrogen) atoms. The van der Waals surface area contributed by atoms with Crippen molar-refractivity contribution in [2.45, 2.75) is 6.92 Å². The van der Waals surface area contributed by atoms with E-state index in [1.165, 1.54) is 22.9 Å². The minimum Gasteiger partial charge on any atom is -0.330 e. The van der Waals surface area contributed by atoms with Crippen molar-refractivity contribution in [2.24, 2.45) is 0 Å². The Labute approximate surface area is 448 Å². The van der Waals surface area contributed by atoms with Gasteiger partial charge in [-0.1, -0.05) is 90.7 Å². The van der Waals surface area contributed by atoms with Crippen LogP contribution in [0.15, 0.2) is 143 Å². The first-order valence-corrected chi connectivity index (χ1v) is 25.9. The molecule has 0 fully saturated rings. The Bertz CT molecular complexity index is 4010. The van der Waals surface area contributed by atoms with Crippen LogP contribution < -0.4 is 21.5 Å². The minimum atomic E-state index is -4.67. The molecular formula is C46H32Br2Cl2N14O6S3. The van der Waals surface area contributed by atoms with Crippen LogP contribution in [0.5, 0.6) is 0 Å². The number of nitrogens with one attached hydrogen (secondary N) is 5. The maximum absolute atomic E-state index is 12.9. The number of thiocarbonyl (C=S) groups is 1. The van der Waals surface area contributed by atoms with Crippen molar-refractivity contribution >= 4 is 156 Å². The van der Waals surface area contributed by atoms with Gasteiger partial charge in [-0.05, 0) is 85.0 Å². The van der Waals surface area contributed by atoms with Gasteiger partial charge in [0.15, 0.2) is 10.1 Å². The summed E-state index contributed by atoms with van der Waals surface area (Å²) in [6.07, 6.45) is 10.9. The third kappa shape index (κ3) is 11.7. The number of halogens is 4. The Morgan fingerprint density at radius 2 is 1.36 bits per heavy atom. The molecule has 0 saturated heterocycles. The average Bonchev–Trinajstić information content (AvgIpc) is 4.22. The molecule has 0 radical (unpaired) electrons. The number of carbonyl (C=O) groups excluding carboxylic acids is 2. The Kier molecular flexibility index (Phi) is 14.9. The van der Waals surface area contributed by atoms with Crippen LogP contribution in [-0.2, 0) is 10.4 Å². The highest BCUT2D eigenvalue weighted by Gasteiger charge is 2.18. The lowest BCUT2D eigenvalue weighted by Crippen LogP contribution is -2.43. The van der Waals surface area contributed by atoms with Gasteiger partial charge in [0.05, 0.1) is 67.4 Å². The number of aromatic nitrogens is 10. The first-order valence-electron chi connectivity index (χ1n) is 20.9. The second-order valence-corrected chi connectivity index (χ2v) is 20.2. The van der Waals surface area contributed by atoms with Crippen molar-refractivity contribution in [3.05, 3.63) is 159 Å². The fourth-order valence-corrected chi connectivity index (χ4v) is 9.20. The molecule has 11 rings (SSSR count). The largest absolute Gasteiger partial charge is 0.394 e. The van der Waals surface area contributed by atoms with Gasteiger partial charge in [0.1, 0.15) is 11.3 Å². The van der Waals surface area contributed by atoms with E-state index < -0.39 is 10.4 Å². The van der Waals surface area contributed by atoms with Gasteiger partial charge in [0.25, 0.3) is 5.91 Å². The third-order valence-corrected chi connectivity index (χ3v) is 13.4. The van der Waals surface area contributed by atoms with Gasteiger partial charge in [-0.15, -0.1) is 10.2 Å². The van der Waals surface area contributed by atoms with Gasteiger partial charge in [-0.25, -0.2) is 14.6 Å². The van der Waals surface area contributed by atoms with E-state index in [1.807, 2.05) is 100 Å².